The van der Waals surface area contributed by atoms with Crippen molar-refractivity contribution in [3.63, 3.8) is 0 Å². The van der Waals surface area contributed by atoms with Gasteiger partial charge in [-0.1, -0.05) is 12.1 Å². The van der Waals surface area contributed by atoms with Crippen LogP contribution in [0.5, 0.6) is 0 Å². The average Bonchev–Trinajstić information content (AvgIpc) is 3.29. The molecular formula is C20H27F3N2O2. The summed E-state index contributed by atoms with van der Waals surface area (Å²) in [6.45, 7) is 8.69. The number of rotatable bonds is 3. The molecule has 1 saturated carbocycles. The molecule has 1 aromatic rings. The second-order valence-electron chi connectivity index (χ2n) is 8.45. The van der Waals surface area contributed by atoms with Gasteiger partial charge in [-0.25, -0.2) is 4.79 Å². The Morgan fingerprint density at radius 3 is 2.19 bits per heavy atom. The van der Waals surface area contributed by atoms with E-state index in [0.717, 1.165) is 30.5 Å². The standard InChI is InChI=1S/C20H27F3N2O2/c1-13-24(11-12-25(13)18(26)27-19(2,3)4)17(14-5-6-14)15-7-9-16(10-8-15)20(21,22)23/h7-10,13-14,17H,5-6,11-12H2,1-4H3/t13-,17-/m1/s1. The minimum Gasteiger partial charge on any atom is -0.444 e. The number of benzene rings is 1. The number of halogens is 3. The molecule has 1 aliphatic carbocycles. The third-order valence-electron chi connectivity index (χ3n) is 5.16. The Labute approximate surface area is 158 Å². The van der Waals surface area contributed by atoms with E-state index in [-0.39, 0.29) is 18.3 Å². The first-order valence-electron chi connectivity index (χ1n) is 9.40. The maximum atomic E-state index is 12.9. The van der Waals surface area contributed by atoms with Gasteiger partial charge in [0.1, 0.15) is 5.60 Å². The van der Waals surface area contributed by atoms with E-state index in [1.54, 1.807) is 17.0 Å². The smallest absolute Gasteiger partial charge is 0.416 e. The first kappa shape index (κ1) is 20.0. The van der Waals surface area contributed by atoms with Gasteiger partial charge < -0.3 is 4.74 Å². The molecule has 1 aliphatic heterocycles. The van der Waals surface area contributed by atoms with Crippen molar-refractivity contribution in [2.75, 3.05) is 13.1 Å². The van der Waals surface area contributed by atoms with Gasteiger partial charge in [0.25, 0.3) is 0 Å². The first-order valence-corrected chi connectivity index (χ1v) is 9.40. The van der Waals surface area contributed by atoms with Gasteiger partial charge in [0.05, 0.1) is 11.7 Å². The molecule has 1 aromatic carbocycles. The van der Waals surface area contributed by atoms with Crippen LogP contribution in [0.3, 0.4) is 0 Å². The molecule has 1 amide bonds. The van der Waals surface area contributed by atoms with E-state index in [4.69, 9.17) is 4.74 Å². The largest absolute Gasteiger partial charge is 0.444 e. The summed E-state index contributed by atoms with van der Waals surface area (Å²) >= 11 is 0. The van der Waals surface area contributed by atoms with E-state index < -0.39 is 17.3 Å². The normalized spacial score (nSPS) is 22.8. The first-order chi connectivity index (χ1) is 12.5. The van der Waals surface area contributed by atoms with Crippen LogP contribution in [0, 0.1) is 5.92 Å². The van der Waals surface area contributed by atoms with Crippen LogP contribution in [-0.4, -0.2) is 40.7 Å². The predicted octanol–water partition coefficient (Wildman–Crippen LogP) is 5.06. The number of carbonyl (C=O) groups is 1. The Morgan fingerprint density at radius 1 is 1.11 bits per heavy atom. The van der Waals surface area contributed by atoms with Gasteiger partial charge >= 0.3 is 12.3 Å². The van der Waals surface area contributed by atoms with Crippen molar-refractivity contribution < 1.29 is 22.7 Å². The molecule has 2 atom stereocenters. The highest BCUT2D eigenvalue weighted by Gasteiger charge is 2.44. The summed E-state index contributed by atoms with van der Waals surface area (Å²) in [5.74, 6) is 0.419. The van der Waals surface area contributed by atoms with Gasteiger partial charge in [-0.15, -0.1) is 0 Å². The Bertz CT molecular complexity index is 678. The summed E-state index contributed by atoms with van der Waals surface area (Å²) in [4.78, 5) is 16.4. The molecule has 4 nitrogen and oxygen atoms in total. The maximum absolute atomic E-state index is 12.9. The molecule has 150 valence electrons. The zero-order chi connectivity index (χ0) is 20.0. The van der Waals surface area contributed by atoms with Gasteiger partial charge in [-0.3, -0.25) is 9.80 Å². The maximum Gasteiger partial charge on any atom is 0.416 e. The molecule has 0 aromatic heterocycles. The van der Waals surface area contributed by atoms with E-state index in [0.29, 0.717) is 19.0 Å². The average molecular weight is 384 g/mol. The van der Waals surface area contributed by atoms with Gasteiger partial charge in [0.2, 0.25) is 0 Å². The monoisotopic (exact) mass is 384 g/mol. The highest BCUT2D eigenvalue weighted by atomic mass is 19.4. The second kappa shape index (κ2) is 7.00. The zero-order valence-corrected chi connectivity index (χ0v) is 16.2. The minimum atomic E-state index is -4.33. The molecule has 0 spiro atoms. The minimum absolute atomic E-state index is 0.0229. The summed E-state index contributed by atoms with van der Waals surface area (Å²) in [6.07, 6.45) is -2.72. The number of amides is 1. The van der Waals surface area contributed by atoms with Crippen molar-refractivity contribution in [2.24, 2.45) is 5.92 Å². The van der Waals surface area contributed by atoms with Crippen molar-refractivity contribution in [1.29, 1.82) is 0 Å². The molecule has 2 aliphatic rings. The number of ether oxygens (including phenoxy) is 1. The third kappa shape index (κ3) is 4.57. The summed E-state index contributed by atoms with van der Waals surface area (Å²) in [6, 6.07) is 5.48. The summed E-state index contributed by atoms with van der Waals surface area (Å²) in [5.41, 5.74) is -0.317. The lowest BCUT2D eigenvalue weighted by atomic mass is 9.99. The number of alkyl halides is 3. The molecule has 1 saturated heterocycles. The highest BCUT2D eigenvalue weighted by molar-refractivity contribution is 5.68. The topological polar surface area (TPSA) is 32.8 Å². The molecule has 2 fully saturated rings. The van der Waals surface area contributed by atoms with Crippen LogP contribution in [0.15, 0.2) is 24.3 Å². The van der Waals surface area contributed by atoms with Crippen molar-refractivity contribution in [2.45, 2.75) is 64.5 Å². The fraction of sp³-hybridized carbons (Fsp3) is 0.650. The van der Waals surface area contributed by atoms with Gasteiger partial charge in [0.15, 0.2) is 0 Å². The molecule has 0 N–H and O–H groups in total. The third-order valence-corrected chi connectivity index (χ3v) is 5.16. The summed E-state index contributed by atoms with van der Waals surface area (Å²) < 4.78 is 44.1. The molecule has 7 heteroatoms. The van der Waals surface area contributed by atoms with E-state index in [2.05, 4.69) is 4.90 Å². The molecule has 0 unspecified atom stereocenters. The number of carbonyl (C=O) groups excluding carboxylic acids is 1. The van der Waals surface area contributed by atoms with E-state index in [9.17, 15) is 18.0 Å². The lowest BCUT2D eigenvalue weighted by Crippen LogP contribution is -2.44. The van der Waals surface area contributed by atoms with Crippen LogP contribution in [0.1, 0.15) is 57.7 Å². The molecule has 0 bridgehead atoms. The van der Waals surface area contributed by atoms with Crippen molar-refractivity contribution in [3.05, 3.63) is 35.4 Å². The van der Waals surface area contributed by atoms with Crippen LogP contribution in [0.4, 0.5) is 18.0 Å². The number of nitrogens with zero attached hydrogens (tertiary/aromatic N) is 2. The number of hydrogen-bond donors (Lipinski definition) is 0. The van der Waals surface area contributed by atoms with E-state index in [1.807, 2.05) is 27.7 Å². The van der Waals surface area contributed by atoms with Crippen LogP contribution in [0.25, 0.3) is 0 Å². The van der Waals surface area contributed by atoms with Gasteiger partial charge in [-0.05, 0) is 64.2 Å². The molecule has 1 heterocycles. The quantitative estimate of drug-likeness (QED) is 0.731. The van der Waals surface area contributed by atoms with Crippen molar-refractivity contribution in [3.8, 4) is 0 Å². The van der Waals surface area contributed by atoms with Gasteiger partial charge in [0, 0.05) is 19.1 Å². The fourth-order valence-electron chi connectivity index (χ4n) is 3.73. The fourth-order valence-corrected chi connectivity index (χ4v) is 3.73. The summed E-state index contributed by atoms with van der Waals surface area (Å²) in [7, 11) is 0. The SMILES string of the molecule is C[C@H]1N(C(=O)OC(C)(C)C)CCN1[C@@H](c1ccc(C(F)(F)F)cc1)C1CC1. The van der Waals surface area contributed by atoms with Crippen LogP contribution in [-0.2, 0) is 10.9 Å². The van der Waals surface area contributed by atoms with Crippen molar-refractivity contribution >= 4 is 6.09 Å². The van der Waals surface area contributed by atoms with Crippen molar-refractivity contribution in [1.82, 2.24) is 9.80 Å². The Balaban J connectivity index is 1.77. The Hall–Kier alpha value is -1.76. The Kier molecular flexibility index (Phi) is 5.18. The lowest BCUT2D eigenvalue weighted by Gasteiger charge is -2.34. The highest BCUT2D eigenvalue weighted by Crippen LogP contribution is 2.46. The lowest BCUT2D eigenvalue weighted by molar-refractivity contribution is -0.137. The van der Waals surface area contributed by atoms with Crippen LogP contribution in [0.2, 0.25) is 0 Å². The van der Waals surface area contributed by atoms with Crippen LogP contribution >= 0.6 is 0 Å². The number of hydrogen-bond acceptors (Lipinski definition) is 3. The Morgan fingerprint density at radius 2 is 1.70 bits per heavy atom. The van der Waals surface area contributed by atoms with E-state index in [1.165, 1.54) is 0 Å². The molecule has 27 heavy (non-hydrogen) atoms. The molecular weight excluding hydrogens is 357 g/mol. The predicted molar refractivity (Wildman–Crippen MR) is 96.0 cm³/mol. The second-order valence-corrected chi connectivity index (χ2v) is 8.45. The van der Waals surface area contributed by atoms with E-state index >= 15 is 0 Å². The molecule has 3 rings (SSSR count). The van der Waals surface area contributed by atoms with Gasteiger partial charge in [-0.2, -0.15) is 13.2 Å². The molecule has 0 radical (unpaired) electrons. The summed E-state index contributed by atoms with van der Waals surface area (Å²) in [5, 5.41) is 0. The zero-order valence-electron chi connectivity index (χ0n) is 16.2. The van der Waals surface area contributed by atoms with Crippen LogP contribution < -0.4 is 0 Å².